The molecule has 1 atom stereocenters. The molecular weight excluding hydrogens is 324 g/mol. The van der Waals surface area contributed by atoms with Gasteiger partial charge in [-0.3, -0.25) is 4.79 Å². The van der Waals surface area contributed by atoms with Gasteiger partial charge in [0.05, 0.1) is 11.6 Å². The second-order valence-corrected chi connectivity index (χ2v) is 6.37. The van der Waals surface area contributed by atoms with E-state index in [9.17, 15) is 4.79 Å². The lowest BCUT2D eigenvalue weighted by Gasteiger charge is -2.14. The van der Waals surface area contributed by atoms with Crippen molar-refractivity contribution in [2.75, 3.05) is 6.61 Å². The van der Waals surface area contributed by atoms with Crippen molar-refractivity contribution in [3.63, 3.8) is 0 Å². The molecule has 3 aromatic carbocycles. The second-order valence-electron chi connectivity index (χ2n) is 6.37. The standard InChI is InChI=1S/C22H20N2O2/c1-15(16-7-3-2-4-8-16)23-22(25)14-26-17-11-12-19-18-9-5-6-10-20(18)24-21(19)13-17/h2-13,15,24H,14H2,1H3,(H,23,25)/t15-/m1/s1. The first-order valence-electron chi connectivity index (χ1n) is 8.68. The Labute approximate surface area is 151 Å². The normalized spacial score (nSPS) is 12.2. The Morgan fingerprint density at radius 2 is 1.69 bits per heavy atom. The fraction of sp³-hybridized carbons (Fsp3) is 0.136. The number of amides is 1. The van der Waals surface area contributed by atoms with Crippen LogP contribution in [0.3, 0.4) is 0 Å². The van der Waals surface area contributed by atoms with Crippen LogP contribution in [-0.4, -0.2) is 17.5 Å². The molecule has 130 valence electrons. The van der Waals surface area contributed by atoms with Crippen LogP contribution >= 0.6 is 0 Å². The molecule has 0 unspecified atom stereocenters. The number of H-pyrrole nitrogens is 1. The summed E-state index contributed by atoms with van der Waals surface area (Å²) in [7, 11) is 0. The Balaban J connectivity index is 1.42. The van der Waals surface area contributed by atoms with Crippen molar-refractivity contribution < 1.29 is 9.53 Å². The lowest BCUT2D eigenvalue weighted by Crippen LogP contribution is -2.31. The highest BCUT2D eigenvalue weighted by molar-refractivity contribution is 6.07. The minimum atomic E-state index is -0.141. The van der Waals surface area contributed by atoms with Crippen molar-refractivity contribution in [3.05, 3.63) is 78.4 Å². The molecule has 4 nitrogen and oxygen atoms in total. The molecule has 4 heteroatoms. The van der Waals surface area contributed by atoms with E-state index in [2.05, 4.69) is 16.4 Å². The SMILES string of the molecule is C[C@@H](NC(=O)COc1ccc2c(c1)[nH]c1ccccc12)c1ccccc1. The van der Waals surface area contributed by atoms with E-state index in [0.717, 1.165) is 22.0 Å². The summed E-state index contributed by atoms with van der Waals surface area (Å²) in [5.41, 5.74) is 3.16. The van der Waals surface area contributed by atoms with Gasteiger partial charge in [0.1, 0.15) is 5.75 Å². The summed E-state index contributed by atoms with van der Waals surface area (Å²) in [6, 6.07) is 23.9. The molecule has 0 fully saturated rings. The number of hydrogen-bond acceptors (Lipinski definition) is 2. The fourth-order valence-electron chi connectivity index (χ4n) is 3.18. The molecule has 0 spiro atoms. The van der Waals surface area contributed by atoms with Gasteiger partial charge < -0.3 is 15.0 Å². The summed E-state index contributed by atoms with van der Waals surface area (Å²) in [6.45, 7) is 1.95. The van der Waals surface area contributed by atoms with Crippen LogP contribution in [0.25, 0.3) is 21.8 Å². The number of aromatic nitrogens is 1. The molecule has 26 heavy (non-hydrogen) atoms. The van der Waals surface area contributed by atoms with Crippen LogP contribution in [0, 0.1) is 0 Å². The van der Waals surface area contributed by atoms with Crippen LogP contribution in [0.2, 0.25) is 0 Å². The number of ether oxygens (including phenoxy) is 1. The van der Waals surface area contributed by atoms with Gasteiger partial charge in [-0.1, -0.05) is 48.5 Å². The van der Waals surface area contributed by atoms with Crippen LogP contribution in [0.4, 0.5) is 0 Å². The topological polar surface area (TPSA) is 54.1 Å². The minimum Gasteiger partial charge on any atom is -0.484 e. The third kappa shape index (κ3) is 3.26. The van der Waals surface area contributed by atoms with Crippen molar-refractivity contribution in [2.24, 2.45) is 0 Å². The highest BCUT2D eigenvalue weighted by Crippen LogP contribution is 2.28. The van der Waals surface area contributed by atoms with Crippen molar-refractivity contribution in [1.82, 2.24) is 10.3 Å². The third-order valence-electron chi connectivity index (χ3n) is 4.52. The smallest absolute Gasteiger partial charge is 0.258 e. The zero-order valence-corrected chi connectivity index (χ0v) is 14.5. The van der Waals surface area contributed by atoms with Crippen molar-refractivity contribution in [1.29, 1.82) is 0 Å². The summed E-state index contributed by atoms with van der Waals surface area (Å²) < 4.78 is 5.68. The van der Waals surface area contributed by atoms with Crippen molar-refractivity contribution >= 4 is 27.7 Å². The van der Waals surface area contributed by atoms with E-state index >= 15 is 0 Å². The molecule has 0 aliphatic heterocycles. The molecule has 0 saturated heterocycles. The predicted molar refractivity (Wildman–Crippen MR) is 104 cm³/mol. The first-order chi connectivity index (χ1) is 12.7. The molecule has 0 aliphatic rings. The van der Waals surface area contributed by atoms with Gasteiger partial charge in [-0.05, 0) is 30.7 Å². The second kappa shape index (κ2) is 6.92. The molecule has 1 amide bonds. The van der Waals surface area contributed by atoms with E-state index in [1.54, 1.807) is 0 Å². The highest BCUT2D eigenvalue weighted by atomic mass is 16.5. The van der Waals surface area contributed by atoms with E-state index < -0.39 is 0 Å². The maximum atomic E-state index is 12.2. The fourth-order valence-corrected chi connectivity index (χ4v) is 3.18. The van der Waals surface area contributed by atoms with Gasteiger partial charge in [-0.2, -0.15) is 0 Å². The molecule has 4 aromatic rings. The summed E-state index contributed by atoms with van der Waals surface area (Å²) in [4.78, 5) is 15.5. The maximum absolute atomic E-state index is 12.2. The lowest BCUT2D eigenvalue weighted by atomic mass is 10.1. The molecular formula is C22H20N2O2. The van der Waals surface area contributed by atoms with E-state index in [-0.39, 0.29) is 18.6 Å². The van der Waals surface area contributed by atoms with Crippen LogP contribution < -0.4 is 10.1 Å². The molecule has 4 rings (SSSR count). The summed E-state index contributed by atoms with van der Waals surface area (Å²) in [5.74, 6) is 0.532. The number of hydrogen-bond donors (Lipinski definition) is 2. The van der Waals surface area contributed by atoms with Crippen molar-refractivity contribution in [3.8, 4) is 5.75 Å². The molecule has 0 saturated carbocycles. The van der Waals surface area contributed by atoms with Gasteiger partial charge in [-0.25, -0.2) is 0 Å². The zero-order valence-electron chi connectivity index (χ0n) is 14.5. The Morgan fingerprint density at radius 3 is 2.54 bits per heavy atom. The van der Waals surface area contributed by atoms with Crippen LogP contribution in [0.5, 0.6) is 5.75 Å². The highest BCUT2D eigenvalue weighted by Gasteiger charge is 2.10. The molecule has 1 heterocycles. The Bertz CT molecular complexity index is 1050. The number of rotatable bonds is 5. The molecule has 1 aromatic heterocycles. The molecule has 0 aliphatic carbocycles. The quantitative estimate of drug-likeness (QED) is 0.557. The van der Waals surface area contributed by atoms with Gasteiger partial charge in [0.25, 0.3) is 5.91 Å². The summed E-state index contributed by atoms with van der Waals surface area (Å²) >= 11 is 0. The summed E-state index contributed by atoms with van der Waals surface area (Å²) in [5, 5.41) is 5.29. The number of para-hydroxylation sites is 1. The van der Waals surface area contributed by atoms with Crippen LogP contribution in [-0.2, 0) is 4.79 Å². The van der Waals surface area contributed by atoms with E-state index in [1.807, 2.05) is 73.7 Å². The van der Waals surface area contributed by atoms with E-state index in [1.165, 1.54) is 5.39 Å². The lowest BCUT2D eigenvalue weighted by molar-refractivity contribution is -0.123. The number of benzene rings is 3. The zero-order chi connectivity index (χ0) is 17.9. The monoisotopic (exact) mass is 344 g/mol. The van der Waals surface area contributed by atoms with Gasteiger partial charge in [0.15, 0.2) is 6.61 Å². The minimum absolute atomic E-state index is 0.0110. The van der Waals surface area contributed by atoms with Gasteiger partial charge >= 0.3 is 0 Å². The van der Waals surface area contributed by atoms with E-state index in [4.69, 9.17) is 4.74 Å². The maximum Gasteiger partial charge on any atom is 0.258 e. The number of fused-ring (bicyclic) bond motifs is 3. The number of aromatic amines is 1. The van der Waals surface area contributed by atoms with E-state index in [0.29, 0.717) is 5.75 Å². The number of nitrogens with one attached hydrogen (secondary N) is 2. The Morgan fingerprint density at radius 1 is 0.962 bits per heavy atom. The first kappa shape index (κ1) is 16.2. The summed E-state index contributed by atoms with van der Waals surface area (Å²) in [6.07, 6.45) is 0. The van der Waals surface area contributed by atoms with Gasteiger partial charge in [0, 0.05) is 22.4 Å². The van der Waals surface area contributed by atoms with Crippen LogP contribution in [0.15, 0.2) is 72.8 Å². The first-order valence-corrected chi connectivity index (χ1v) is 8.68. The molecule has 2 N–H and O–H groups in total. The van der Waals surface area contributed by atoms with Crippen LogP contribution in [0.1, 0.15) is 18.5 Å². The van der Waals surface area contributed by atoms with Gasteiger partial charge in [0.2, 0.25) is 0 Å². The predicted octanol–water partition coefficient (Wildman–Crippen LogP) is 4.58. The molecule has 0 bridgehead atoms. The Kier molecular flexibility index (Phi) is 4.32. The largest absolute Gasteiger partial charge is 0.484 e. The third-order valence-corrected chi connectivity index (χ3v) is 4.52. The Hall–Kier alpha value is -3.27. The average Bonchev–Trinajstić information content (AvgIpc) is 3.05. The molecule has 0 radical (unpaired) electrons. The number of carbonyl (C=O) groups is 1. The van der Waals surface area contributed by atoms with Gasteiger partial charge in [-0.15, -0.1) is 0 Å². The number of carbonyl (C=O) groups excluding carboxylic acids is 1. The average molecular weight is 344 g/mol. The van der Waals surface area contributed by atoms with Crippen molar-refractivity contribution in [2.45, 2.75) is 13.0 Å².